The first-order chi connectivity index (χ1) is 8.13. The molecule has 2 rings (SSSR count). The minimum atomic E-state index is -3.73. The van der Waals surface area contributed by atoms with Crippen LogP contribution in [0, 0.1) is 0 Å². The molecule has 1 heterocycles. The zero-order valence-corrected chi connectivity index (χ0v) is 10.2. The van der Waals surface area contributed by atoms with Gasteiger partial charge in [-0.1, -0.05) is 35.5 Å². The van der Waals surface area contributed by atoms with E-state index in [1.807, 2.05) is 30.3 Å². The standard InChI is InChI=1S/C11H13NO4S/c1-2-15-17(13,14)11-8-10(16-12-11)9-6-4-3-5-7-9/h3-7,10H,2,8H2,1H3. The van der Waals surface area contributed by atoms with E-state index in [0.29, 0.717) is 0 Å². The van der Waals surface area contributed by atoms with E-state index >= 15 is 0 Å². The number of nitrogens with zero attached hydrogens (tertiary/aromatic N) is 1. The highest BCUT2D eigenvalue weighted by Crippen LogP contribution is 2.28. The van der Waals surface area contributed by atoms with Crippen LogP contribution < -0.4 is 0 Å². The molecule has 0 radical (unpaired) electrons. The van der Waals surface area contributed by atoms with Gasteiger partial charge in [0, 0.05) is 0 Å². The third-order valence-electron chi connectivity index (χ3n) is 2.37. The first-order valence-electron chi connectivity index (χ1n) is 5.30. The molecule has 0 amide bonds. The quantitative estimate of drug-likeness (QED) is 0.773. The van der Waals surface area contributed by atoms with Gasteiger partial charge in [0.05, 0.1) is 13.0 Å². The molecule has 1 atom stereocenters. The Morgan fingerprint density at radius 2 is 2.12 bits per heavy atom. The Labute approximate surface area is 100 Å². The second kappa shape index (κ2) is 4.85. The average molecular weight is 255 g/mol. The van der Waals surface area contributed by atoms with Gasteiger partial charge in [-0.3, -0.25) is 4.18 Å². The molecule has 0 spiro atoms. The van der Waals surface area contributed by atoms with Crippen molar-refractivity contribution in [2.75, 3.05) is 6.61 Å². The minimum absolute atomic E-state index is 0.0480. The smallest absolute Gasteiger partial charge is 0.314 e. The van der Waals surface area contributed by atoms with Crippen molar-refractivity contribution in [1.29, 1.82) is 0 Å². The lowest BCUT2D eigenvalue weighted by Crippen LogP contribution is -2.16. The molecule has 1 aromatic carbocycles. The number of hydrogen-bond acceptors (Lipinski definition) is 5. The van der Waals surface area contributed by atoms with Gasteiger partial charge in [-0.2, -0.15) is 8.42 Å². The highest BCUT2D eigenvalue weighted by molar-refractivity contribution is 8.02. The van der Waals surface area contributed by atoms with Crippen molar-refractivity contribution < 1.29 is 17.4 Å². The summed E-state index contributed by atoms with van der Waals surface area (Å²) in [5.74, 6) is 0. The molecule has 1 aromatic rings. The molecule has 0 aliphatic carbocycles. The fraction of sp³-hybridized carbons (Fsp3) is 0.364. The van der Waals surface area contributed by atoms with Gasteiger partial charge in [0.2, 0.25) is 5.04 Å². The number of benzene rings is 1. The average Bonchev–Trinajstić information content (AvgIpc) is 2.80. The molecule has 5 nitrogen and oxygen atoms in total. The summed E-state index contributed by atoms with van der Waals surface area (Å²) in [5, 5.41) is 3.54. The van der Waals surface area contributed by atoms with Crippen LogP contribution in [-0.4, -0.2) is 20.1 Å². The van der Waals surface area contributed by atoms with Gasteiger partial charge in [0.1, 0.15) is 0 Å². The second-order valence-electron chi connectivity index (χ2n) is 3.55. The van der Waals surface area contributed by atoms with E-state index < -0.39 is 10.1 Å². The third-order valence-corrected chi connectivity index (χ3v) is 3.74. The van der Waals surface area contributed by atoms with E-state index in [4.69, 9.17) is 4.84 Å². The summed E-state index contributed by atoms with van der Waals surface area (Å²) in [5.41, 5.74) is 0.901. The molecule has 1 unspecified atom stereocenters. The van der Waals surface area contributed by atoms with Crippen molar-refractivity contribution in [3.8, 4) is 0 Å². The van der Waals surface area contributed by atoms with Gasteiger partial charge in [-0.05, 0) is 12.5 Å². The highest BCUT2D eigenvalue weighted by atomic mass is 32.2. The Morgan fingerprint density at radius 1 is 1.41 bits per heavy atom. The fourth-order valence-electron chi connectivity index (χ4n) is 1.57. The van der Waals surface area contributed by atoms with Crippen molar-refractivity contribution in [3.63, 3.8) is 0 Å². The number of hydrogen-bond donors (Lipinski definition) is 0. The van der Waals surface area contributed by atoms with Gasteiger partial charge in [-0.25, -0.2) is 0 Å². The first-order valence-corrected chi connectivity index (χ1v) is 6.71. The van der Waals surface area contributed by atoms with E-state index in [-0.39, 0.29) is 24.2 Å². The Morgan fingerprint density at radius 3 is 2.76 bits per heavy atom. The molecular formula is C11H13NO4S. The van der Waals surface area contributed by atoms with Crippen LogP contribution in [0.1, 0.15) is 25.0 Å². The van der Waals surface area contributed by atoms with Crippen LogP contribution in [0.5, 0.6) is 0 Å². The molecule has 0 fully saturated rings. The lowest BCUT2D eigenvalue weighted by Gasteiger charge is -2.07. The van der Waals surface area contributed by atoms with Gasteiger partial charge >= 0.3 is 10.1 Å². The maximum Gasteiger partial charge on any atom is 0.314 e. The molecule has 0 bridgehead atoms. The van der Waals surface area contributed by atoms with E-state index in [2.05, 4.69) is 9.34 Å². The Hall–Kier alpha value is -1.40. The zero-order valence-electron chi connectivity index (χ0n) is 9.37. The summed E-state index contributed by atoms with van der Waals surface area (Å²) in [6.07, 6.45) is -0.131. The molecule has 1 aliphatic rings. The van der Waals surface area contributed by atoms with Crippen LogP contribution in [0.15, 0.2) is 35.5 Å². The summed E-state index contributed by atoms with van der Waals surface area (Å²) in [7, 11) is -3.73. The van der Waals surface area contributed by atoms with E-state index in [9.17, 15) is 8.42 Å². The largest absolute Gasteiger partial charge is 0.386 e. The van der Waals surface area contributed by atoms with Crippen LogP contribution in [0.3, 0.4) is 0 Å². The molecule has 0 saturated heterocycles. The SMILES string of the molecule is CCOS(=O)(=O)C1=NOC(c2ccccc2)C1. The molecule has 92 valence electrons. The van der Waals surface area contributed by atoms with Crippen LogP contribution in [0.25, 0.3) is 0 Å². The van der Waals surface area contributed by atoms with Crippen LogP contribution in [0.2, 0.25) is 0 Å². The lowest BCUT2D eigenvalue weighted by molar-refractivity contribution is 0.0857. The summed E-state index contributed by atoms with van der Waals surface area (Å²) in [6, 6.07) is 9.37. The third kappa shape index (κ3) is 2.65. The van der Waals surface area contributed by atoms with E-state index in [1.165, 1.54) is 0 Å². The molecule has 17 heavy (non-hydrogen) atoms. The van der Waals surface area contributed by atoms with E-state index in [1.54, 1.807) is 6.92 Å². The van der Waals surface area contributed by atoms with Gasteiger partial charge in [0.15, 0.2) is 6.10 Å². The minimum Gasteiger partial charge on any atom is -0.386 e. The number of oxime groups is 1. The van der Waals surface area contributed by atoms with Gasteiger partial charge < -0.3 is 4.84 Å². The van der Waals surface area contributed by atoms with E-state index in [0.717, 1.165) is 5.56 Å². The maximum absolute atomic E-state index is 11.6. The highest BCUT2D eigenvalue weighted by Gasteiger charge is 2.31. The van der Waals surface area contributed by atoms with Crippen molar-refractivity contribution in [2.45, 2.75) is 19.4 Å². The summed E-state index contributed by atoms with van der Waals surface area (Å²) in [4.78, 5) is 5.11. The van der Waals surface area contributed by atoms with Crippen LogP contribution in [-0.2, 0) is 19.1 Å². The molecule has 6 heteroatoms. The summed E-state index contributed by atoms with van der Waals surface area (Å²) in [6.45, 7) is 1.71. The first kappa shape index (κ1) is 12.1. The number of rotatable bonds is 3. The zero-order chi connectivity index (χ0) is 12.3. The fourth-order valence-corrected chi connectivity index (χ4v) is 2.51. The molecule has 0 saturated carbocycles. The molecule has 0 N–H and O–H groups in total. The Balaban J connectivity index is 2.10. The van der Waals surface area contributed by atoms with Gasteiger partial charge in [-0.15, -0.1) is 0 Å². The predicted octanol–water partition coefficient (Wildman–Crippen LogP) is 1.83. The lowest BCUT2D eigenvalue weighted by atomic mass is 10.1. The predicted molar refractivity (Wildman–Crippen MR) is 62.9 cm³/mol. The molecule has 0 aromatic heterocycles. The Kier molecular flexibility index (Phi) is 3.44. The maximum atomic E-state index is 11.6. The topological polar surface area (TPSA) is 65.0 Å². The van der Waals surface area contributed by atoms with Crippen LogP contribution in [0.4, 0.5) is 0 Å². The normalized spacial score (nSPS) is 19.8. The van der Waals surface area contributed by atoms with Crippen molar-refractivity contribution in [1.82, 2.24) is 0 Å². The summed E-state index contributed by atoms with van der Waals surface area (Å²) < 4.78 is 27.8. The van der Waals surface area contributed by atoms with Crippen LogP contribution >= 0.6 is 0 Å². The van der Waals surface area contributed by atoms with Crippen molar-refractivity contribution in [2.24, 2.45) is 5.16 Å². The second-order valence-corrected chi connectivity index (χ2v) is 5.17. The molecule has 1 aliphatic heterocycles. The Bertz CT molecular complexity index is 510. The summed E-state index contributed by atoms with van der Waals surface area (Å²) >= 11 is 0. The monoisotopic (exact) mass is 255 g/mol. The van der Waals surface area contributed by atoms with Gasteiger partial charge in [0.25, 0.3) is 0 Å². The van der Waals surface area contributed by atoms with Crippen molar-refractivity contribution in [3.05, 3.63) is 35.9 Å². The van der Waals surface area contributed by atoms with Crippen molar-refractivity contribution >= 4 is 15.2 Å². The molecular weight excluding hydrogens is 242 g/mol.